The number of rotatable bonds is 4. The van der Waals surface area contributed by atoms with Gasteiger partial charge in [-0.05, 0) is 24.1 Å². The number of nitrogen functional groups attached to an aromatic ring is 1. The van der Waals surface area contributed by atoms with Gasteiger partial charge in [0, 0.05) is 31.5 Å². The topological polar surface area (TPSA) is 54.2 Å². The summed E-state index contributed by atoms with van der Waals surface area (Å²) in [6.45, 7) is 2.99. The SMILES string of the molecule is Cc1ccccc1CN(C)c1ccnc(NN)c1. The van der Waals surface area contributed by atoms with Crippen LogP contribution in [0.25, 0.3) is 0 Å². The van der Waals surface area contributed by atoms with Crippen LogP contribution in [0, 0.1) is 6.92 Å². The Kier molecular flexibility index (Phi) is 3.79. The molecule has 4 heteroatoms. The number of benzene rings is 1. The van der Waals surface area contributed by atoms with Crippen molar-refractivity contribution in [2.75, 3.05) is 17.4 Å². The predicted molar refractivity (Wildman–Crippen MR) is 75.3 cm³/mol. The van der Waals surface area contributed by atoms with E-state index in [2.05, 4.69) is 53.5 Å². The molecule has 3 N–H and O–H groups in total. The molecule has 0 aliphatic carbocycles. The largest absolute Gasteiger partial charge is 0.370 e. The predicted octanol–water partition coefficient (Wildman–Crippen LogP) is 2.31. The molecule has 0 saturated carbocycles. The summed E-state index contributed by atoms with van der Waals surface area (Å²) in [7, 11) is 2.06. The first kappa shape index (κ1) is 12.4. The lowest BCUT2D eigenvalue weighted by Crippen LogP contribution is -2.18. The van der Waals surface area contributed by atoms with Gasteiger partial charge in [0.15, 0.2) is 0 Å². The van der Waals surface area contributed by atoms with E-state index in [0.717, 1.165) is 12.2 Å². The van der Waals surface area contributed by atoms with E-state index in [1.165, 1.54) is 11.1 Å². The van der Waals surface area contributed by atoms with E-state index >= 15 is 0 Å². The molecule has 0 atom stereocenters. The Morgan fingerprint density at radius 3 is 2.78 bits per heavy atom. The third-order valence-corrected chi connectivity index (χ3v) is 3.00. The molecule has 0 aliphatic rings. The Morgan fingerprint density at radius 2 is 2.06 bits per heavy atom. The molecule has 0 radical (unpaired) electrons. The number of hydrogen-bond acceptors (Lipinski definition) is 4. The lowest BCUT2D eigenvalue weighted by atomic mass is 10.1. The maximum Gasteiger partial charge on any atom is 0.141 e. The van der Waals surface area contributed by atoms with Crippen LogP contribution in [0.3, 0.4) is 0 Å². The average Bonchev–Trinajstić information content (AvgIpc) is 2.41. The lowest BCUT2D eigenvalue weighted by Gasteiger charge is -2.20. The smallest absolute Gasteiger partial charge is 0.141 e. The first-order valence-electron chi connectivity index (χ1n) is 5.89. The number of hydrazine groups is 1. The summed E-state index contributed by atoms with van der Waals surface area (Å²) < 4.78 is 0. The summed E-state index contributed by atoms with van der Waals surface area (Å²) in [5.41, 5.74) is 6.26. The summed E-state index contributed by atoms with van der Waals surface area (Å²) in [6, 6.07) is 12.3. The summed E-state index contributed by atoms with van der Waals surface area (Å²) in [6.07, 6.45) is 1.75. The molecule has 0 fully saturated rings. The van der Waals surface area contributed by atoms with E-state index in [1.807, 2.05) is 12.1 Å². The molecule has 2 rings (SSSR count). The van der Waals surface area contributed by atoms with E-state index in [0.29, 0.717) is 5.82 Å². The third kappa shape index (κ3) is 2.78. The normalized spacial score (nSPS) is 10.2. The monoisotopic (exact) mass is 242 g/mol. The minimum atomic E-state index is 0.670. The Labute approximate surface area is 107 Å². The van der Waals surface area contributed by atoms with Crippen molar-refractivity contribution in [2.24, 2.45) is 5.84 Å². The Bertz CT molecular complexity index is 525. The van der Waals surface area contributed by atoms with Gasteiger partial charge >= 0.3 is 0 Å². The molecule has 94 valence electrons. The Hall–Kier alpha value is -2.07. The number of aromatic nitrogens is 1. The molecular formula is C14H18N4. The fraction of sp³-hybridized carbons (Fsp3) is 0.214. The molecule has 1 aromatic heterocycles. The molecular weight excluding hydrogens is 224 g/mol. The molecule has 18 heavy (non-hydrogen) atoms. The molecule has 1 heterocycles. The number of pyridine rings is 1. The van der Waals surface area contributed by atoms with Crippen molar-refractivity contribution in [1.82, 2.24) is 4.98 Å². The Balaban J connectivity index is 2.16. The van der Waals surface area contributed by atoms with E-state index in [-0.39, 0.29) is 0 Å². The van der Waals surface area contributed by atoms with Crippen LogP contribution in [0.15, 0.2) is 42.6 Å². The highest BCUT2D eigenvalue weighted by atomic mass is 15.2. The van der Waals surface area contributed by atoms with Gasteiger partial charge in [-0.2, -0.15) is 0 Å². The van der Waals surface area contributed by atoms with Crippen LogP contribution in [0.4, 0.5) is 11.5 Å². The minimum Gasteiger partial charge on any atom is -0.370 e. The van der Waals surface area contributed by atoms with E-state index in [1.54, 1.807) is 6.20 Å². The zero-order valence-electron chi connectivity index (χ0n) is 10.7. The number of anilines is 2. The fourth-order valence-corrected chi connectivity index (χ4v) is 1.87. The second-order valence-electron chi connectivity index (χ2n) is 4.33. The van der Waals surface area contributed by atoms with Crippen LogP contribution in [0.2, 0.25) is 0 Å². The van der Waals surface area contributed by atoms with Gasteiger partial charge in [-0.3, -0.25) is 0 Å². The molecule has 4 nitrogen and oxygen atoms in total. The molecule has 0 bridgehead atoms. The molecule has 1 aromatic carbocycles. The zero-order valence-corrected chi connectivity index (χ0v) is 10.7. The number of nitrogens with zero attached hydrogens (tertiary/aromatic N) is 2. The number of nitrogens with two attached hydrogens (primary N) is 1. The maximum absolute atomic E-state index is 5.36. The Morgan fingerprint density at radius 1 is 1.28 bits per heavy atom. The first-order valence-corrected chi connectivity index (χ1v) is 5.89. The van der Waals surface area contributed by atoms with Crippen molar-refractivity contribution in [2.45, 2.75) is 13.5 Å². The standard InChI is InChI=1S/C14H18N4/c1-11-5-3-4-6-12(11)10-18(2)13-7-8-16-14(9-13)17-15/h3-9H,10,15H2,1-2H3,(H,16,17). The van der Waals surface area contributed by atoms with Crippen molar-refractivity contribution in [3.8, 4) is 0 Å². The van der Waals surface area contributed by atoms with Gasteiger partial charge in [0.25, 0.3) is 0 Å². The van der Waals surface area contributed by atoms with Crippen LogP contribution < -0.4 is 16.2 Å². The summed E-state index contributed by atoms with van der Waals surface area (Å²) in [5.74, 6) is 6.04. The van der Waals surface area contributed by atoms with Gasteiger partial charge in [-0.25, -0.2) is 10.8 Å². The first-order chi connectivity index (χ1) is 8.70. The molecule has 0 saturated heterocycles. The van der Waals surface area contributed by atoms with Crippen molar-refractivity contribution in [3.63, 3.8) is 0 Å². The molecule has 2 aromatic rings. The highest BCUT2D eigenvalue weighted by molar-refractivity contribution is 5.53. The quantitative estimate of drug-likeness (QED) is 0.638. The van der Waals surface area contributed by atoms with Crippen molar-refractivity contribution in [3.05, 3.63) is 53.7 Å². The number of hydrogen-bond donors (Lipinski definition) is 2. The van der Waals surface area contributed by atoms with Crippen LogP contribution in [0.1, 0.15) is 11.1 Å². The van der Waals surface area contributed by atoms with Gasteiger partial charge < -0.3 is 10.3 Å². The van der Waals surface area contributed by atoms with Crippen molar-refractivity contribution < 1.29 is 0 Å². The molecule has 0 amide bonds. The van der Waals surface area contributed by atoms with Crippen molar-refractivity contribution in [1.29, 1.82) is 0 Å². The maximum atomic E-state index is 5.36. The van der Waals surface area contributed by atoms with E-state index in [9.17, 15) is 0 Å². The fourth-order valence-electron chi connectivity index (χ4n) is 1.87. The number of nitrogens with one attached hydrogen (secondary N) is 1. The number of aryl methyl sites for hydroxylation is 1. The van der Waals surface area contributed by atoms with Gasteiger partial charge in [0.05, 0.1) is 0 Å². The van der Waals surface area contributed by atoms with Crippen LogP contribution >= 0.6 is 0 Å². The molecule has 0 unspecified atom stereocenters. The molecule has 0 spiro atoms. The minimum absolute atomic E-state index is 0.670. The van der Waals surface area contributed by atoms with E-state index in [4.69, 9.17) is 5.84 Å². The molecule has 0 aliphatic heterocycles. The summed E-state index contributed by atoms with van der Waals surface area (Å²) in [5, 5.41) is 0. The van der Waals surface area contributed by atoms with Crippen LogP contribution in [0.5, 0.6) is 0 Å². The second kappa shape index (κ2) is 5.51. The van der Waals surface area contributed by atoms with Gasteiger partial charge in [0.2, 0.25) is 0 Å². The van der Waals surface area contributed by atoms with E-state index < -0.39 is 0 Å². The highest BCUT2D eigenvalue weighted by Gasteiger charge is 2.05. The second-order valence-corrected chi connectivity index (χ2v) is 4.33. The highest BCUT2D eigenvalue weighted by Crippen LogP contribution is 2.18. The summed E-state index contributed by atoms with van der Waals surface area (Å²) in [4.78, 5) is 6.27. The summed E-state index contributed by atoms with van der Waals surface area (Å²) >= 11 is 0. The van der Waals surface area contributed by atoms with Gasteiger partial charge in [0.1, 0.15) is 5.82 Å². The van der Waals surface area contributed by atoms with Gasteiger partial charge in [-0.1, -0.05) is 24.3 Å². The van der Waals surface area contributed by atoms with Crippen molar-refractivity contribution >= 4 is 11.5 Å². The lowest BCUT2D eigenvalue weighted by molar-refractivity contribution is 0.912. The zero-order chi connectivity index (χ0) is 13.0. The average molecular weight is 242 g/mol. The van der Waals surface area contributed by atoms with Gasteiger partial charge in [-0.15, -0.1) is 0 Å². The van der Waals surface area contributed by atoms with Crippen LogP contribution in [-0.4, -0.2) is 12.0 Å². The third-order valence-electron chi connectivity index (χ3n) is 3.00. The van der Waals surface area contributed by atoms with Crippen LogP contribution in [-0.2, 0) is 6.54 Å².